The molecule has 0 spiro atoms. The lowest BCUT2D eigenvalue weighted by molar-refractivity contribution is 0.220. The lowest BCUT2D eigenvalue weighted by atomic mass is 10.3. The van der Waals surface area contributed by atoms with Gasteiger partial charge in [0.1, 0.15) is 5.52 Å². The summed E-state index contributed by atoms with van der Waals surface area (Å²) in [4.78, 5) is 4.26. The molecule has 0 atom stereocenters. The molecular formula is C10H10IN3O. The predicted molar refractivity (Wildman–Crippen MR) is 65.8 cm³/mol. The van der Waals surface area contributed by atoms with Crippen molar-refractivity contribution in [2.45, 2.75) is 20.0 Å². The summed E-state index contributed by atoms with van der Waals surface area (Å²) in [7, 11) is 0. The quantitative estimate of drug-likeness (QED) is 0.799. The summed E-state index contributed by atoms with van der Waals surface area (Å²) < 4.78 is 6.49. The van der Waals surface area contributed by atoms with Crippen LogP contribution in [0.1, 0.15) is 13.8 Å². The SMILES string of the molecule is CC(C)Oc1nnc2cc(I)ccc2n1. The van der Waals surface area contributed by atoms with Crippen molar-refractivity contribution < 1.29 is 4.74 Å². The van der Waals surface area contributed by atoms with Crippen molar-refractivity contribution in [1.29, 1.82) is 0 Å². The van der Waals surface area contributed by atoms with Gasteiger partial charge in [0, 0.05) is 3.57 Å². The third-order valence-corrected chi connectivity index (χ3v) is 2.41. The van der Waals surface area contributed by atoms with Crippen LogP contribution in [0.5, 0.6) is 6.01 Å². The van der Waals surface area contributed by atoms with Crippen molar-refractivity contribution in [2.75, 3.05) is 0 Å². The molecule has 2 aromatic rings. The predicted octanol–water partition coefficient (Wildman–Crippen LogP) is 2.42. The highest BCUT2D eigenvalue weighted by Gasteiger charge is 2.04. The van der Waals surface area contributed by atoms with Gasteiger partial charge in [0.05, 0.1) is 11.6 Å². The Labute approximate surface area is 101 Å². The van der Waals surface area contributed by atoms with Gasteiger partial charge in [-0.05, 0) is 54.6 Å². The number of halogens is 1. The van der Waals surface area contributed by atoms with E-state index in [0.717, 1.165) is 14.6 Å². The summed E-state index contributed by atoms with van der Waals surface area (Å²) in [5.74, 6) is 0. The molecule has 0 radical (unpaired) electrons. The molecule has 2 rings (SSSR count). The van der Waals surface area contributed by atoms with Crippen LogP contribution in [0, 0.1) is 3.57 Å². The zero-order valence-electron chi connectivity index (χ0n) is 8.44. The standard InChI is InChI=1S/C10H10IN3O/c1-6(2)15-10-12-8-4-3-7(11)5-9(8)13-14-10/h3-6H,1-2H3. The molecule has 0 N–H and O–H groups in total. The molecule has 4 nitrogen and oxygen atoms in total. The van der Waals surface area contributed by atoms with Gasteiger partial charge in [-0.3, -0.25) is 0 Å². The van der Waals surface area contributed by atoms with Crippen LogP contribution in [0.15, 0.2) is 18.2 Å². The van der Waals surface area contributed by atoms with Gasteiger partial charge in [0.25, 0.3) is 0 Å². The molecule has 0 unspecified atom stereocenters. The second-order valence-corrected chi connectivity index (χ2v) is 4.64. The number of nitrogens with zero attached hydrogens (tertiary/aromatic N) is 3. The van der Waals surface area contributed by atoms with Crippen molar-refractivity contribution >= 4 is 33.6 Å². The van der Waals surface area contributed by atoms with Crippen LogP contribution in [-0.4, -0.2) is 21.3 Å². The van der Waals surface area contributed by atoms with E-state index in [4.69, 9.17) is 4.74 Å². The maximum atomic E-state index is 5.37. The van der Waals surface area contributed by atoms with Crippen LogP contribution in [-0.2, 0) is 0 Å². The fraction of sp³-hybridized carbons (Fsp3) is 0.300. The van der Waals surface area contributed by atoms with Crippen LogP contribution in [0.4, 0.5) is 0 Å². The minimum absolute atomic E-state index is 0.0631. The molecule has 1 heterocycles. The van der Waals surface area contributed by atoms with Crippen LogP contribution in [0.25, 0.3) is 11.0 Å². The number of rotatable bonds is 2. The first-order valence-corrected chi connectivity index (χ1v) is 5.69. The van der Waals surface area contributed by atoms with Crippen molar-refractivity contribution in [3.8, 4) is 6.01 Å². The lowest BCUT2D eigenvalue weighted by Crippen LogP contribution is -2.09. The first-order chi connectivity index (χ1) is 7.15. The van der Waals surface area contributed by atoms with E-state index < -0.39 is 0 Å². The second-order valence-electron chi connectivity index (χ2n) is 3.39. The Morgan fingerprint density at radius 2 is 2.00 bits per heavy atom. The number of hydrogen-bond donors (Lipinski definition) is 0. The number of benzene rings is 1. The zero-order chi connectivity index (χ0) is 10.8. The van der Waals surface area contributed by atoms with E-state index in [1.165, 1.54) is 0 Å². The highest BCUT2D eigenvalue weighted by molar-refractivity contribution is 14.1. The largest absolute Gasteiger partial charge is 0.460 e. The number of aromatic nitrogens is 3. The van der Waals surface area contributed by atoms with Crippen molar-refractivity contribution in [1.82, 2.24) is 15.2 Å². The summed E-state index contributed by atoms with van der Waals surface area (Å²) >= 11 is 2.23. The van der Waals surface area contributed by atoms with Crippen LogP contribution >= 0.6 is 22.6 Å². The molecule has 0 fully saturated rings. The highest BCUT2D eigenvalue weighted by atomic mass is 127. The summed E-state index contributed by atoms with van der Waals surface area (Å²) in [5.41, 5.74) is 1.60. The Hall–Kier alpha value is -0.980. The second kappa shape index (κ2) is 4.26. The average molecular weight is 315 g/mol. The van der Waals surface area contributed by atoms with Gasteiger partial charge in [-0.2, -0.15) is 4.98 Å². The van der Waals surface area contributed by atoms with Gasteiger partial charge in [-0.1, -0.05) is 5.10 Å². The summed E-state index contributed by atoms with van der Waals surface area (Å²) in [6.45, 7) is 3.86. The first-order valence-electron chi connectivity index (χ1n) is 4.62. The number of hydrogen-bond acceptors (Lipinski definition) is 4. The molecule has 0 aliphatic carbocycles. The highest BCUT2D eigenvalue weighted by Crippen LogP contribution is 2.15. The van der Waals surface area contributed by atoms with Crippen molar-refractivity contribution in [2.24, 2.45) is 0 Å². The van der Waals surface area contributed by atoms with E-state index >= 15 is 0 Å². The molecule has 15 heavy (non-hydrogen) atoms. The molecule has 0 aliphatic rings. The fourth-order valence-corrected chi connectivity index (χ4v) is 1.63. The Bertz CT molecular complexity index is 487. The Morgan fingerprint density at radius 1 is 1.20 bits per heavy atom. The van der Waals surface area contributed by atoms with E-state index in [0.29, 0.717) is 6.01 Å². The van der Waals surface area contributed by atoms with E-state index in [-0.39, 0.29) is 6.10 Å². The Kier molecular flexibility index (Phi) is 2.99. The Balaban J connectivity index is 2.43. The fourth-order valence-electron chi connectivity index (χ4n) is 1.15. The topological polar surface area (TPSA) is 47.9 Å². The minimum Gasteiger partial charge on any atom is -0.460 e. The molecule has 0 amide bonds. The monoisotopic (exact) mass is 315 g/mol. The van der Waals surface area contributed by atoms with Gasteiger partial charge >= 0.3 is 6.01 Å². The zero-order valence-corrected chi connectivity index (χ0v) is 10.6. The van der Waals surface area contributed by atoms with Crippen LogP contribution in [0.3, 0.4) is 0 Å². The van der Waals surface area contributed by atoms with E-state index in [2.05, 4.69) is 37.8 Å². The molecule has 78 valence electrons. The number of fused-ring (bicyclic) bond motifs is 1. The van der Waals surface area contributed by atoms with E-state index in [9.17, 15) is 0 Å². The maximum absolute atomic E-state index is 5.37. The van der Waals surface area contributed by atoms with Gasteiger partial charge in [0.2, 0.25) is 0 Å². The molecule has 0 aliphatic heterocycles. The molecule has 1 aromatic carbocycles. The van der Waals surface area contributed by atoms with Gasteiger partial charge in [-0.25, -0.2) is 0 Å². The van der Waals surface area contributed by atoms with Crippen LogP contribution in [0.2, 0.25) is 0 Å². The smallest absolute Gasteiger partial charge is 0.336 e. The van der Waals surface area contributed by atoms with Crippen molar-refractivity contribution in [3.05, 3.63) is 21.8 Å². The van der Waals surface area contributed by atoms with Crippen molar-refractivity contribution in [3.63, 3.8) is 0 Å². The average Bonchev–Trinajstić information content (AvgIpc) is 2.17. The van der Waals surface area contributed by atoms with E-state index in [1.807, 2.05) is 32.0 Å². The summed E-state index contributed by atoms with van der Waals surface area (Å²) in [6.07, 6.45) is 0.0631. The van der Waals surface area contributed by atoms with Crippen LogP contribution < -0.4 is 4.74 Å². The molecule has 1 aromatic heterocycles. The third kappa shape index (κ3) is 2.53. The Morgan fingerprint density at radius 3 is 2.73 bits per heavy atom. The molecular weight excluding hydrogens is 305 g/mol. The molecule has 0 saturated carbocycles. The maximum Gasteiger partial charge on any atom is 0.336 e. The van der Waals surface area contributed by atoms with Gasteiger partial charge < -0.3 is 4.74 Å². The molecule has 0 bridgehead atoms. The number of ether oxygens (including phenoxy) is 1. The minimum atomic E-state index is 0.0631. The lowest BCUT2D eigenvalue weighted by Gasteiger charge is -2.06. The molecule has 5 heteroatoms. The van der Waals surface area contributed by atoms with E-state index in [1.54, 1.807) is 0 Å². The third-order valence-electron chi connectivity index (χ3n) is 1.74. The normalized spacial score (nSPS) is 10.9. The summed E-state index contributed by atoms with van der Waals surface area (Å²) in [5, 5.41) is 7.95. The molecule has 0 saturated heterocycles. The van der Waals surface area contributed by atoms with Gasteiger partial charge in [0.15, 0.2) is 0 Å². The first kappa shape index (κ1) is 10.5. The summed E-state index contributed by atoms with van der Waals surface area (Å²) in [6, 6.07) is 6.17. The van der Waals surface area contributed by atoms with Gasteiger partial charge in [-0.15, -0.1) is 5.10 Å².